The summed E-state index contributed by atoms with van der Waals surface area (Å²) in [6, 6.07) is 10.1. The number of aromatic nitrogens is 2. The maximum atomic E-state index is 12.1. The number of aryl methyl sites for hydroxylation is 1. The molecule has 0 bridgehead atoms. The molecular formula is C16H13N3O2. The number of amides is 1. The average Bonchev–Trinajstić information content (AvgIpc) is 2.48. The van der Waals surface area contributed by atoms with Crippen molar-refractivity contribution in [1.29, 1.82) is 0 Å². The van der Waals surface area contributed by atoms with Gasteiger partial charge in [0.1, 0.15) is 0 Å². The van der Waals surface area contributed by atoms with Crippen LogP contribution in [0.1, 0.15) is 16.1 Å². The molecule has 0 fully saturated rings. The van der Waals surface area contributed by atoms with E-state index in [1.54, 1.807) is 36.5 Å². The molecule has 0 aliphatic rings. The number of nitrogens with zero attached hydrogens (tertiary/aromatic N) is 1. The first-order valence-electron chi connectivity index (χ1n) is 6.48. The number of carbonyl (C=O) groups excluding carboxylic acids is 1. The molecule has 5 nitrogen and oxygen atoms in total. The second-order valence-corrected chi connectivity index (χ2v) is 4.77. The summed E-state index contributed by atoms with van der Waals surface area (Å²) in [5.41, 5.74) is 2.53. The number of aromatic amines is 1. The van der Waals surface area contributed by atoms with Gasteiger partial charge in [-0.1, -0.05) is 0 Å². The lowest BCUT2D eigenvalue weighted by Crippen LogP contribution is -2.12. The number of hydrogen-bond acceptors (Lipinski definition) is 3. The molecule has 0 atom stereocenters. The second-order valence-electron chi connectivity index (χ2n) is 4.77. The van der Waals surface area contributed by atoms with Gasteiger partial charge in [0.15, 0.2) is 5.43 Å². The molecule has 1 aromatic carbocycles. The Hall–Kier alpha value is -2.95. The zero-order valence-electron chi connectivity index (χ0n) is 11.4. The fraction of sp³-hybridized carbons (Fsp3) is 0.0625. The van der Waals surface area contributed by atoms with Crippen molar-refractivity contribution >= 4 is 22.5 Å². The number of anilines is 1. The van der Waals surface area contributed by atoms with Gasteiger partial charge in [-0.15, -0.1) is 0 Å². The first-order chi connectivity index (χ1) is 10.1. The predicted octanol–water partition coefficient (Wildman–Crippen LogP) is 2.48. The van der Waals surface area contributed by atoms with Crippen LogP contribution in [0, 0.1) is 6.92 Å². The normalized spacial score (nSPS) is 10.5. The molecule has 2 N–H and O–H groups in total. The van der Waals surface area contributed by atoms with Crippen molar-refractivity contribution in [3.63, 3.8) is 0 Å². The van der Waals surface area contributed by atoms with Gasteiger partial charge in [-0.2, -0.15) is 0 Å². The van der Waals surface area contributed by atoms with E-state index in [0.717, 1.165) is 11.2 Å². The number of benzene rings is 1. The average molecular weight is 279 g/mol. The first kappa shape index (κ1) is 13.1. The molecule has 0 aliphatic carbocycles. The van der Waals surface area contributed by atoms with Gasteiger partial charge in [-0.25, -0.2) is 0 Å². The molecular weight excluding hydrogens is 266 g/mol. The van der Waals surface area contributed by atoms with Crippen LogP contribution in [-0.2, 0) is 0 Å². The highest BCUT2D eigenvalue weighted by Crippen LogP contribution is 2.16. The van der Waals surface area contributed by atoms with Gasteiger partial charge in [-0.3, -0.25) is 14.6 Å². The minimum atomic E-state index is -0.258. The van der Waals surface area contributed by atoms with Gasteiger partial charge < -0.3 is 10.3 Å². The third-order valence-electron chi connectivity index (χ3n) is 3.15. The number of fused-ring (bicyclic) bond motifs is 1. The van der Waals surface area contributed by atoms with Gasteiger partial charge in [0.2, 0.25) is 0 Å². The SMILES string of the molecule is Cc1cc(=O)c2cc(NC(=O)c3cccnc3)ccc2[nH]1. The van der Waals surface area contributed by atoms with E-state index in [0.29, 0.717) is 16.6 Å². The minimum absolute atomic E-state index is 0.0706. The van der Waals surface area contributed by atoms with Crippen molar-refractivity contribution in [2.75, 3.05) is 5.32 Å². The number of hydrogen-bond donors (Lipinski definition) is 2. The Labute approximate surface area is 120 Å². The van der Waals surface area contributed by atoms with Crippen molar-refractivity contribution in [2.45, 2.75) is 6.92 Å². The lowest BCUT2D eigenvalue weighted by Gasteiger charge is -2.06. The van der Waals surface area contributed by atoms with E-state index in [1.807, 2.05) is 6.92 Å². The summed E-state index contributed by atoms with van der Waals surface area (Å²) in [6.45, 7) is 1.83. The molecule has 3 aromatic rings. The topological polar surface area (TPSA) is 74.8 Å². The summed E-state index contributed by atoms with van der Waals surface area (Å²) >= 11 is 0. The summed E-state index contributed by atoms with van der Waals surface area (Å²) in [7, 11) is 0. The lowest BCUT2D eigenvalue weighted by atomic mass is 10.1. The molecule has 5 heteroatoms. The van der Waals surface area contributed by atoms with E-state index in [2.05, 4.69) is 15.3 Å². The molecule has 0 radical (unpaired) electrons. The summed E-state index contributed by atoms with van der Waals surface area (Å²) in [5, 5.41) is 3.31. The van der Waals surface area contributed by atoms with Crippen molar-refractivity contribution in [2.24, 2.45) is 0 Å². The molecule has 21 heavy (non-hydrogen) atoms. The van der Waals surface area contributed by atoms with Crippen LogP contribution in [-0.4, -0.2) is 15.9 Å². The molecule has 2 aromatic heterocycles. The van der Waals surface area contributed by atoms with E-state index in [4.69, 9.17) is 0 Å². The minimum Gasteiger partial charge on any atom is -0.358 e. The summed E-state index contributed by atoms with van der Waals surface area (Å²) in [4.78, 5) is 31.0. The number of rotatable bonds is 2. The zero-order valence-corrected chi connectivity index (χ0v) is 11.4. The molecule has 0 spiro atoms. The molecule has 3 rings (SSSR count). The number of pyridine rings is 2. The van der Waals surface area contributed by atoms with Gasteiger partial charge >= 0.3 is 0 Å². The van der Waals surface area contributed by atoms with Crippen LogP contribution in [0.2, 0.25) is 0 Å². The van der Waals surface area contributed by atoms with Crippen LogP contribution in [0.25, 0.3) is 10.9 Å². The van der Waals surface area contributed by atoms with Crippen molar-refractivity contribution in [3.8, 4) is 0 Å². The number of carbonyl (C=O) groups is 1. The van der Waals surface area contributed by atoms with Crippen molar-refractivity contribution in [1.82, 2.24) is 9.97 Å². The molecule has 0 unspecified atom stereocenters. The number of H-pyrrole nitrogens is 1. The maximum Gasteiger partial charge on any atom is 0.257 e. The standard InChI is InChI=1S/C16H13N3O2/c1-10-7-15(20)13-8-12(4-5-14(13)18-10)19-16(21)11-3-2-6-17-9-11/h2-9H,1H3,(H,18,20)(H,19,21). The van der Waals surface area contributed by atoms with Crippen LogP contribution in [0.15, 0.2) is 53.6 Å². The number of nitrogens with one attached hydrogen (secondary N) is 2. The molecule has 104 valence electrons. The van der Waals surface area contributed by atoms with Crippen LogP contribution in [0.4, 0.5) is 5.69 Å². The van der Waals surface area contributed by atoms with Crippen LogP contribution < -0.4 is 10.7 Å². The van der Waals surface area contributed by atoms with Crippen molar-refractivity contribution < 1.29 is 4.79 Å². The monoisotopic (exact) mass is 279 g/mol. The Bertz CT molecular complexity index is 870. The van der Waals surface area contributed by atoms with E-state index < -0.39 is 0 Å². The predicted molar refractivity (Wildman–Crippen MR) is 81.5 cm³/mol. The quantitative estimate of drug-likeness (QED) is 0.756. The Balaban J connectivity index is 1.95. The lowest BCUT2D eigenvalue weighted by molar-refractivity contribution is 0.102. The summed E-state index contributed by atoms with van der Waals surface area (Å²) < 4.78 is 0. The molecule has 0 saturated heterocycles. The third-order valence-corrected chi connectivity index (χ3v) is 3.15. The van der Waals surface area contributed by atoms with E-state index >= 15 is 0 Å². The first-order valence-corrected chi connectivity index (χ1v) is 6.48. The van der Waals surface area contributed by atoms with Gasteiger partial charge in [0.05, 0.1) is 5.56 Å². The molecule has 0 saturated carbocycles. The van der Waals surface area contributed by atoms with Crippen molar-refractivity contribution in [3.05, 3.63) is 70.3 Å². The van der Waals surface area contributed by atoms with Gasteiger partial charge in [0.25, 0.3) is 5.91 Å². The van der Waals surface area contributed by atoms with Crippen LogP contribution in [0.3, 0.4) is 0 Å². The zero-order chi connectivity index (χ0) is 14.8. The Morgan fingerprint density at radius 2 is 2.10 bits per heavy atom. The summed E-state index contributed by atoms with van der Waals surface area (Å²) in [6.07, 6.45) is 3.10. The Morgan fingerprint density at radius 3 is 2.86 bits per heavy atom. The third kappa shape index (κ3) is 2.67. The Morgan fingerprint density at radius 1 is 1.24 bits per heavy atom. The maximum absolute atomic E-state index is 12.1. The highest BCUT2D eigenvalue weighted by molar-refractivity contribution is 6.04. The van der Waals surface area contributed by atoms with Crippen LogP contribution in [0.5, 0.6) is 0 Å². The van der Waals surface area contributed by atoms with Gasteiger partial charge in [0, 0.05) is 40.7 Å². The summed E-state index contributed by atoms with van der Waals surface area (Å²) in [5.74, 6) is -0.258. The highest BCUT2D eigenvalue weighted by Gasteiger charge is 2.07. The largest absolute Gasteiger partial charge is 0.358 e. The second kappa shape index (κ2) is 5.20. The molecule has 1 amide bonds. The van der Waals surface area contributed by atoms with Crippen LogP contribution >= 0.6 is 0 Å². The fourth-order valence-corrected chi connectivity index (χ4v) is 2.16. The fourth-order valence-electron chi connectivity index (χ4n) is 2.16. The van der Waals surface area contributed by atoms with Gasteiger partial charge in [-0.05, 0) is 37.3 Å². The molecule has 0 aliphatic heterocycles. The highest BCUT2D eigenvalue weighted by atomic mass is 16.1. The van der Waals surface area contributed by atoms with E-state index in [1.165, 1.54) is 12.3 Å². The van der Waals surface area contributed by atoms with E-state index in [9.17, 15) is 9.59 Å². The molecule has 2 heterocycles. The Kier molecular flexibility index (Phi) is 3.23. The smallest absolute Gasteiger partial charge is 0.257 e. The van der Waals surface area contributed by atoms with E-state index in [-0.39, 0.29) is 11.3 Å².